The van der Waals surface area contributed by atoms with E-state index in [9.17, 15) is 0 Å². The van der Waals surface area contributed by atoms with Gasteiger partial charge in [0, 0.05) is 17.9 Å². The maximum Gasteiger partial charge on any atom is 0.188 e. The Morgan fingerprint density at radius 3 is 2.59 bits per heavy atom. The monoisotopic (exact) mass is 249 g/mol. The molecular weight excluding hydrogens is 234 g/mol. The highest BCUT2D eigenvalue weighted by molar-refractivity contribution is 7.99. The first-order valence-electron chi connectivity index (χ1n) is 5.41. The zero-order chi connectivity index (χ0) is 12.3. The second kappa shape index (κ2) is 5.33. The van der Waals surface area contributed by atoms with Crippen LogP contribution in [0.25, 0.3) is 0 Å². The average Bonchev–Trinajstić information content (AvgIpc) is 2.77. The summed E-state index contributed by atoms with van der Waals surface area (Å²) in [7, 11) is 0. The second-order valence-electron chi connectivity index (χ2n) is 3.79. The van der Waals surface area contributed by atoms with Crippen molar-refractivity contribution in [2.24, 2.45) is 5.73 Å². The van der Waals surface area contributed by atoms with E-state index in [0.29, 0.717) is 6.54 Å². The summed E-state index contributed by atoms with van der Waals surface area (Å²) in [6.45, 7) is 4.42. The number of nitrogens with zero attached hydrogens (tertiary/aromatic N) is 2. The molecule has 2 aromatic rings. The van der Waals surface area contributed by atoms with Crippen molar-refractivity contribution in [3.05, 3.63) is 41.6 Å². The SMILES string of the molecule is Cc1cc(C)nc(SC(CN)c2ccco2)n1. The van der Waals surface area contributed by atoms with E-state index in [0.717, 1.165) is 22.3 Å². The summed E-state index contributed by atoms with van der Waals surface area (Å²) in [5.41, 5.74) is 7.69. The van der Waals surface area contributed by atoms with E-state index in [-0.39, 0.29) is 5.25 Å². The van der Waals surface area contributed by atoms with Gasteiger partial charge in [-0.2, -0.15) is 0 Å². The molecule has 2 heterocycles. The fraction of sp³-hybridized carbons (Fsp3) is 0.333. The molecule has 17 heavy (non-hydrogen) atoms. The van der Waals surface area contributed by atoms with Crippen LogP contribution in [-0.4, -0.2) is 16.5 Å². The number of thioether (sulfide) groups is 1. The Morgan fingerprint density at radius 1 is 1.35 bits per heavy atom. The maximum atomic E-state index is 5.75. The molecule has 1 atom stereocenters. The molecule has 0 saturated heterocycles. The summed E-state index contributed by atoms with van der Waals surface area (Å²) in [4.78, 5) is 8.77. The summed E-state index contributed by atoms with van der Waals surface area (Å²) in [5.74, 6) is 0.861. The number of nitrogens with two attached hydrogens (primary N) is 1. The van der Waals surface area contributed by atoms with Crippen LogP contribution in [0.1, 0.15) is 22.4 Å². The summed E-state index contributed by atoms with van der Waals surface area (Å²) in [6, 6.07) is 5.74. The number of hydrogen-bond donors (Lipinski definition) is 1. The molecule has 0 bridgehead atoms. The van der Waals surface area contributed by atoms with Crippen LogP contribution in [0.15, 0.2) is 34.0 Å². The van der Waals surface area contributed by atoms with E-state index in [1.165, 1.54) is 11.8 Å². The van der Waals surface area contributed by atoms with Crippen LogP contribution in [0.5, 0.6) is 0 Å². The summed E-state index contributed by atoms with van der Waals surface area (Å²) >= 11 is 1.53. The van der Waals surface area contributed by atoms with E-state index >= 15 is 0 Å². The van der Waals surface area contributed by atoms with Crippen molar-refractivity contribution in [3.8, 4) is 0 Å². The van der Waals surface area contributed by atoms with Crippen LogP contribution >= 0.6 is 11.8 Å². The standard InChI is InChI=1S/C12H15N3OS/c1-8-6-9(2)15-12(14-8)17-11(7-13)10-4-3-5-16-10/h3-6,11H,7,13H2,1-2H3. The number of aromatic nitrogens is 2. The number of aryl methyl sites for hydroxylation is 2. The molecule has 2 aromatic heterocycles. The first kappa shape index (κ1) is 12.1. The van der Waals surface area contributed by atoms with Crippen LogP contribution < -0.4 is 5.73 Å². The third-order valence-electron chi connectivity index (χ3n) is 2.28. The van der Waals surface area contributed by atoms with Crippen LogP contribution in [0, 0.1) is 13.8 Å². The summed E-state index contributed by atoms with van der Waals surface area (Å²) in [5, 5.41) is 0.806. The van der Waals surface area contributed by atoms with E-state index < -0.39 is 0 Å². The minimum Gasteiger partial charge on any atom is -0.468 e. The zero-order valence-corrected chi connectivity index (χ0v) is 10.7. The number of rotatable bonds is 4. The van der Waals surface area contributed by atoms with E-state index in [1.807, 2.05) is 32.0 Å². The zero-order valence-electron chi connectivity index (χ0n) is 9.88. The van der Waals surface area contributed by atoms with Crippen molar-refractivity contribution in [1.29, 1.82) is 0 Å². The summed E-state index contributed by atoms with van der Waals surface area (Å²) < 4.78 is 5.36. The highest BCUT2D eigenvalue weighted by Gasteiger charge is 2.16. The highest BCUT2D eigenvalue weighted by atomic mass is 32.2. The third kappa shape index (κ3) is 3.08. The summed E-state index contributed by atoms with van der Waals surface area (Å²) in [6.07, 6.45) is 1.65. The van der Waals surface area contributed by atoms with Crippen molar-refractivity contribution < 1.29 is 4.42 Å². The average molecular weight is 249 g/mol. The van der Waals surface area contributed by atoms with Gasteiger partial charge in [-0.3, -0.25) is 0 Å². The Kier molecular flexibility index (Phi) is 3.81. The van der Waals surface area contributed by atoms with Crippen molar-refractivity contribution >= 4 is 11.8 Å². The third-order valence-corrected chi connectivity index (χ3v) is 3.39. The van der Waals surface area contributed by atoms with Gasteiger partial charge in [-0.15, -0.1) is 0 Å². The predicted molar refractivity (Wildman–Crippen MR) is 67.9 cm³/mol. The molecule has 1 unspecified atom stereocenters. The van der Waals surface area contributed by atoms with Crippen molar-refractivity contribution in [1.82, 2.24) is 9.97 Å². The molecule has 0 radical (unpaired) electrons. The van der Waals surface area contributed by atoms with E-state index in [2.05, 4.69) is 9.97 Å². The Bertz CT molecular complexity index is 464. The van der Waals surface area contributed by atoms with Crippen molar-refractivity contribution in [3.63, 3.8) is 0 Å². The lowest BCUT2D eigenvalue weighted by Crippen LogP contribution is -2.09. The molecule has 0 aliphatic rings. The minimum absolute atomic E-state index is 0.0613. The molecule has 0 saturated carbocycles. The fourth-order valence-corrected chi connectivity index (χ4v) is 2.56. The lowest BCUT2D eigenvalue weighted by atomic mass is 10.3. The largest absolute Gasteiger partial charge is 0.468 e. The lowest BCUT2D eigenvalue weighted by Gasteiger charge is -2.11. The predicted octanol–water partition coefficient (Wildman–Crippen LogP) is 2.48. The van der Waals surface area contributed by atoms with Gasteiger partial charge in [-0.1, -0.05) is 11.8 Å². The van der Waals surface area contributed by atoms with Crippen LogP contribution in [0.4, 0.5) is 0 Å². The van der Waals surface area contributed by atoms with Crippen LogP contribution in [0.3, 0.4) is 0 Å². The normalized spacial score (nSPS) is 12.6. The minimum atomic E-state index is 0.0613. The highest BCUT2D eigenvalue weighted by Crippen LogP contribution is 2.32. The van der Waals surface area contributed by atoms with Crippen LogP contribution in [-0.2, 0) is 0 Å². The Morgan fingerprint density at radius 2 is 2.06 bits per heavy atom. The van der Waals surface area contributed by atoms with E-state index in [1.54, 1.807) is 6.26 Å². The molecule has 5 heteroatoms. The molecule has 90 valence electrons. The molecule has 2 rings (SSSR count). The first-order chi connectivity index (χ1) is 8.19. The van der Waals surface area contributed by atoms with Crippen LogP contribution in [0.2, 0.25) is 0 Å². The second-order valence-corrected chi connectivity index (χ2v) is 4.96. The van der Waals surface area contributed by atoms with Gasteiger partial charge in [-0.05, 0) is 32.0 Å². The molecule has 4 nitrogen and oxygen atoms in total. The van der Waals surface area contributed by atoms with Gasteiger partial charge in [0.2, 0.25) is 0 Å². The molecule has 0 aliphatic carbocycles. The van der Waals surface area contributed by atoms with Crippen molar-refractivity contribution in [2.45, 2.75) is 24.3 Å². The molecule has 2 N–H and O–H groups in total. The topological polar surface area (TPSA) is 64.9 Å². The van der Waals surface area contributed by atoms with Gasteiger partial charge in [0.1, 0.15) is 5.76 Å². The van der Waals surface area contributed by atoms with Gasteiger partial charge in [0.25, 0.3) is 0 Å². The van der Waals surface area contributed by atoms with Gasteiger partial charge >= 0.3 is 0 Å². The van der Waals surface area contributed by atoms with Gasteiger partial charge in [0.15, 0.2) is 5.16 Å². The van der Waals surface area contributed by atoms with Gasteiger partial charge < -0.3 is 10.2 Å². The lowest BCUT2D eigenvalue weighted by molar-refractivity contribution is 0.507. The molecule has 0 amide bonds. The first-order valence-corrected chi connectivity index (χ1v) is 6.29. The quantitative estimate of drug-likeness (QED) is 0.666. The van der Waals surface area contributed by atoms with Crippen molar-refractivity contribution in [2.75, 3.05) is 6.54 Å². The fourth-order valence-electron chi connectivity index (χ4n) is 1.57. The van der Waals surface area contributed by atoms with E-state index in [4.69, 9.17) is 10.2 Å². The smallest absolute Gasteiger partial charge is 0.188 e. The molecule has 0 spiro atoms. The molecule has 0 fully saturated rings. The molecule has 0 aromatic carbocycles. The number of furan rings is 1. The van der Waals surface area contributed by atoms with Gasteiger partial charge in [0.05, 0.1) is 11.5 Å². The number of hydrogen-bond acceptors (Lipinski definition) is 5. The molecular formula is C12H15N3OS. The maximum absolute atomic E-state index is 5.75. The Balaban J connectivity index is 2.18. The van der Waals surface area contributed by atoms with Gasteiger partial charge in [-0.25, -0.2) is 9.97 Å². The Labute approximate surface area is 105 Å². The molecule has 0 aliphatic heterocycles. The Hall–Kier alpha value is -1.33.